The quantitative estimate of drug-likeness (QED) is 0.678. The highest BCUT2D eigenvalue weighted by Gasteiger charge is 2.16. The van der Waals surface area contributed by atoms with Crippen LogP contribution in [0.1, 0.15) is 20.7 Å². The van der Waals surface area contributed by atoms with Crippen LogP contribution in [-0.4, -0.2) is 32.1 Å². The highest BCUT2D eigenvalue weighted by Crippen LogP contribution is 2.19. The number of imidazole rings is 1. The third-order valence-corrected chi connectivity index (χ3v) is 2.04. The molecule has 0 aliphatic rings. The van der Waals surface area contributed by atoms with E-state index < -0.39 is 11.9 Å². The summed E-state index contributed by atoms with van der Waals surface area (Å²) in [5.41, 5.74) is 0.369. The lowest BCUT2D eigenvalue weighted by molar-refractivity contribution is 0.0684. The number of rotatable bonds is 2. The third-order valence-electron chi connectivity index (χ3n) is 2.04. The van der Waals surface area contributed by atoms with Crippen LogP contribution in [0.3, 0.4) is 0 Å². The van der Waals surface area contributed by atoms with Gasteiger partial charge >= 0.3 is 11.9 Å². The molecule has 0 fully saturated rings. The summed E-state index contributed by atoms with van der Waals surface area (Å²) in [5, 5.41) is 17.7. The number of aromatic amines is 1. The molecule has 6 nitrogen and oxygen atoms in total. The minimum Gasteiger partial charge on any atom is -0.478 e. The zero-order valence-electron chi connectivity index (χ0n) is 7.39. The molecular formula is C9H6N2O4. The van der Waals surface area contributed by atoms with Crippen molar-refractivity contribution in [1.29, 1.82) is 0 Å². The van der Waals surface area contributed by atoms with Crippen molar-refractivity contribution in [1.82, 2.24) is 9.97 Å². The van der Waals surface area contributed by atoms with E-state index in [2.05, 4.69) is 9.97 Å². The Morgan fingerprint density at radius 2 is 1.73 bits per heavy atom. The van der Waals surface area contributed by atoms with Crippen LogP contribution < -0.4 is 0 Å². The monoisotopic (exact) mass is 206 g/mol. The summed E-state index contributed by atoms with van der Waals surface area (Å²) in [4.78, 5) is 28.0. The third kappa shape index (κ3) is 1.32. The van der Waals surface area contributed by atoms with Crippen molar-refractivity contribution in [2.45, 2.75) is 0 Å². The van der Waals surface area contributed by atoms with Crippen LogP contribution in [-0.2, 0) is 0 Å². The molecule has 1 aromatic heterocycles. The summed E-state index contributed by atoms with van der Waals surface area (Å²) in [6, 6.07) is 2.47. The Hall–Kier alpha value is -2.37. The molecule has 0 saturated heterocycles. The van der Waals surface area contributed by atoms with Crippen LogP contribution in [0.5, 0.6) is 0 Å². The number of carbonyl (C=O) groups is 2. The molecular weight excluding hydrogens is 200 g/mol. The fourth-order valence-electron chi connectivity index (χ4n) is 1.38. The normalized spacial score (nSPS) is 10.4. The maximum atomic E-state index is 10.8. The number of nitrogens with zero attached hydrogens (tertiary/aromatic N) is 1. The summed E-state index contributed by atoms with van der Waals surface area (Å²) in [6.07, 6.45) is 1.27. The maximum Gasteiger partial charge on any atom is 0.337 e. The van der Waals surface area contributed by atoms with Gasteiger partial charge in [0.15, 0.2) is 0 Å². The number of hydrogen-bond donors (Lipinski definition) is 3. The van der Waals surface area contributed by atoms with Crippen LogP contribution in [0.2, 0.25) is 0 Å². The molecule has 0 saturated carbocycles. The number of benzene rings is 1. The van der Waals surface area contributed by atoms with E-state index in [4.69, 9.17) is 10.2 Å². The lowest BCUT2D eigenvalue weighted by Gasteiger charge is -1.99. The lowest BCUT2D eigenvalue weighted by atomic mass is 10.1. The van der Waals surface area contributed by atoms with E-state index in [0.29, 0.717) is 0 Å². The Labute approximate surface area is 83.2 Å². The van der Waals surface area contributed by atoms with E-state index in [1.807, 2.05) is 0 Å². The second-order valence-electron chi connectivity index (χ2n) is 2.90. The SMILES string of the molecule is O=C(O)c1ccc(C(=O)O)c2[nH]cnc12. The first-order chi connectivity index (χ1) is 7.11. The van der Waals surface area contributed by atoms with E-state index in [1.165, 1.54) is 18.5 Å². The molecule has 3 N–H and O–H groups in total. The Morgan fingerprint density at radius 1 is 1.13 bits per heavy atom. The minimum absolute atomic E-state index is 0.00694. The summed E-state index contributed by atoms with van der Waals surface area (Å²) < 4.78 is 0. The fraction of sp³-hybridized carbons (Fsp3) is 0. The zero-order chi connectivity index (χ0) is 11.0. The van der Waals surface area contributed by atoms with Crippen molar-refractivity contribution in [3.8, 4) is 0 Å². The van der Waals surface area contributed by atoms with Crippen LogP contribution >= 0.6 is 0 Å². The van der Waals surface area contributed by atoms with E-state index in [-0.39, 0.29) is 22.2 Å². The lowest BCUT2D eigenvalue weighted by Crippen LogP contribution is -2.02. The largest absolute Gasteiger partial charge is 0.478 e. The predicted octanol–water partition coefficient (Wildman–Crippen LogP) is 0.959. The van der Waals surface area contributed by atoms with Gasteiger partial charge in [0.05, 0.1) is 23.0 Å². The Balaban J connectivity index is 2.82. The second kappa shape index (κ2) is 3.09. The molecule has 2 rings (SSSR count). The number of fused-ring (bicyclic) bond motifs is 1. The topological polar surface area (TPSA) is 103 Å². The molecule has 0 bridgehead atoms. The van der Waals surface area contributed by atoms with Gasteiger partial charge in [-0.2, -0.15) is 0 Å². The molecule has 0 radical (unpaired) electrons. The number of H-pyrrole nitrogens is 1. The molecule has 1 heterocycles. The van der Waals surface area contributed by atoms with E-state index in [9.17, 15) is 9.59 Å². The van der Waals surface area contributed by atoms with Crippen molar-refractivity contribution in [3.63, 3.8) is 0 Å². The minimum atomic E-state index is -1.14. The van der Waals surface area contributed by atoms with Gasteiger partial charge in [0.2, 0.25) is 0 Å². The standard InChI is InChI=1S/C9H6N2O4/c12-8(13)4-1-2-5(9(14)15)7-6(4)10-3-11-7/h1-3H,(H,10,11)(H,12,13)(H,14,15). The number of nitrogens with one attached hydrogen (secondary N) is 1. The average molecular weight is 206 g/mol. The van der Waals surface area contributed by atoms with Gasteiger partial charge < -0.3 is 15.2 Å². The molecule has 0 amide bonds. The van der Waals surface area contributed by atoms with Gasteiger partial charge in [-0.25, -0.2) is 14.6 Å². The van der Waals surface area contributed by atoms with Gasteiger partial charge in [0.25, 0.3) is 0 Å². The summed E-state index contributed by atoms with van der Waals surface area (Å²) in [5.74, 6) is -2.26. The highest BCUT2D eigenvalue weighted by molar-refractivity contribution is 6.08. The molecule has 2 aromatic rings. The van der Waals surface area contributed by atoms with Crippen LogP contribution in [0.4, 0.5) is 0 Å². The second-order valence-corrected chi connectivity index (χ2v) is 2.90. The molecule has 0 aliphatic heterocycles. The summed E-state index contributed by atoms with van der Waals surface area (Å²) in [7, 11) is 0. The van der Waals surface area contributed by atoms with Crippen LogP contribution in [0.15, 0.2) is 18.5 Å². The van der Waals surface area contributed by atoms with Crippen molar-refractivity contribution >= 4 is 23.0 Å². The van der Waals surface area contributed by atoms with Gasteiger partial charge in [0.1, 0.15) is 5.52 Å². The molecule has 0 spiro atoms. The Bertz CT molecular complexity index is 510. The van der Waals surface area contributed by atoms with Crippen molar-refractivity contribution in [2.24, 2.45) is 0 Å². The van der Waals surface area contributed by atoms with E-state index in [1.54, 1.807) is 0 Å². The van der Waals surface area contributed by atoms with Gasteiger partial charge in [0, 0.05) is 0 Å². The molecule has 76 valence electrons. The molecule has 0 unspecified atom stereocenters. The van der Waals surface area contributed by atoms with Crippen molar-refractivity contribution < 1.29 is 19.8 Å². The summed E-state index contributed by atoms with van der Waals surface area (Å²) >= 11 is 0. The molecule has 0 atom stereocenters. The Morgan fingerprint density at radius 3 is 2.33 bits per heavy atom. The highest BCUT2D eigenvalue weighted by atomic mass is 16.4. The molecule has 1 aromatic carbocycles. The predicted molar refractivity (Wildman–Crippen MR) is 50.0 cm³/mol. The average Bonchev–Trinajstić information content (AvgIpc) is 2.63. The van der Waals surface area contributed by atoms with Gasteiger partial charge in [-0.3, -0.25) is 0 Å². The first-order valence-corrected chi connectivity index (χ1v) is 4.04. The van der Waals surface area contributed by atoms with E-state index >= 15 is 0 Å². The molecule has 6 heteroatoms. The molecule has 15 heavy (non-hydrogen) atoms. The van der Waals surface area contributed by atoms with Gasteiger partial charge in [-0.15, -0.1) is 0 Å². The molecule has 0 aliphatic carbocycles. The van der Waals surface area contributed by atoms with Gasteiger partial charge in [-0.1, -0.05) is 0 Å². The zero-order valence-corrected chi connectivity index (χ0v) is 7.39. The Kier molecular flexibility index (Phi) is 1.89. The smallest absolute Gasteiger partial charge is 0.337 e. The number of carboxylic acids is 2. The van der Waals surface area contributed by atoms with Gasteiger partial charge in [-0.05, 0) is 12.1 Å². The van der Waals surface area contributed by atoms with E-state index in [0.717, 1.165) is 0 Å². The maximum absolute atomic E-state index is 10.8. The number of carboxylic acid groups (broad SMARTS) is 2. The first-order valence-electron chi connectivity index (χ1n) is 4.04. The fourth-order valence-corrected chi connectivity index (χ4v) is 1.38. The first kappa shape index (κ1) is 9.20. The number of hydrogen-bond acceptors (Lipinski definition) is 3. The van der Waals surface area contributed by atoms with Crippen LogP contribution in [0.25, 0.3) is 11.0 Å². The van der Waals surface area contributed by atoms with Crippen molar-refractivity contribution in [2.75, 3.05) is 0 Å². The van der Waals surface area contributed by atoms with Crippen LogP contribution in [0, 0.1) is 0 Å². The number of aromatic nitrogens is 2. The summed E-state index contributed by atoms with van der Waals surface area (Å²) in [6.45, 7) is 0. The number of aromatic carboxylic acids is 2. The van der Waals surface area contributed by atoms with Crippen molar-refractivity contribution in [3.05, 3.63) is 29.6 Å².